The van der Waals surface area contributed by atoms with Gasteiger partial charge in [0.1, 0.15) is 11.6 Å². The van der Waals surface area contributed by atoms with Crippen LogP contribution in [-0.2, 0) is 5.60 Å². The molecule has 0 aliphatic rings. The van der Waals surface area contributed by atoms with Crippen LogP contribution in [0.2, 0.25) is 5.02 Å². The molecule has 0 radical (unpaired) electrons. The van der Waals surface area contributed by atoms with Gasteiger partial charge < -0.3 is 5.11 Å². The second-order valence-electron chi connectivity index (χ2n) is 7.26. The van der Waals surface area contributed by atoms with Crippen LogP contribution in [-0.4, -0.2) is 14.5 Å². The summed E-state index contributed by atoms with van der Waals surface area (Å²) in [7, 11) is 0. The Morgan fingerprint density at radius 2 is 1.62 bits per heavy atom. The van der Waals surface area contributed by atoms with E-state index in [1.807, 2.05) is 0 Å². The van der Waals surface area contributed by atoms with Gasteiger partial charge >= 0.3 is 0 Å². The van der Waals surface area contributed by atoms with Gasteiger partial charge in [-0.3, -0.25) is 4.40 Å². The van der Waals surface area contributed by atoms with Crippen LogP contribution in [0.5, 0.6) is 0 Å². The van der Waals surface area contributed by atoms with Crippen LogP contribution in [0.25, 0.3) is 28.0 Å². The van der Waals surface area contributed by atoms with Gasteiger partial charge in [0.05, 0.1) is 17.5 Å². The highest BCUT2D eigenvalue weighted by molar-refractivity contribution is 6.30. The number of aromatic nitrogens is 2. The third-order valence-electron chi connectivity index (χ3n) is 4.76. The minimum absolute atomic E-state index is 0.0273. The van der Waals surface area contributed by atoms with Crippen molar-refractivity contribution < 1.29 is 18.3 Å². The van der Waals surface area contributed by atoms with Crippen LogP contribution < -0.4 is 0 Å². The number of fused-ring (bicyclic) bond motifs is 1. The average Bonchev–Trinajstić information content (AvgIpc) is 3.08. The third kappa shape index (κ3) is 3.39. The Kier molecular flexibility index (Phi) is 4.63. The van der Waals surface area contributed by atoms with E-state index in [-0.39, 0.29) is 27.4 Å². The molecule has 0 spiro atoms. The fourth-order valence-electron chi connectivity index (χ4n) is 3.30. The first-order chi connectivity index (χ1) is 13.7. The van der Waals surface area contributed by atoms with Gasteiger partial charge in [-0.15, -0.1) is 0 Å². The predicted molar refractivity (Wildman–Crippen MR) is 106 cm³/mol. The van der Waals surface area contributed by atoms with Crippen LogP contribution in [0, 0.1) is 17.5 Å². The second-order valence-corrected chi connectivity index (χ2v) is 7.69. The summed E-state index contributed by atoms with van der Waals surface area (Å²) in [6.45, 7) is 2.97. The van der Waals surface area contributed by atoms with E-state index in [0.29, 0.717) is 11.3 Å². The maximum atomic E-state index is 14.8. The minimum Gasteiger partial charge on any atom is -0.386 e. The quantitative estimate of drug-likeness (QED) is 0.447. The van der Waals surface area contributed by atoms with Gasteiger partial charge in [-0.05, 0) is 56.3 Å². The summed E-state index contributed by atoms with van der Waals surface area (Å²) in [5.41, 5.74) is -0.159. The van der Waals surface area contributed by atoms with E-state index in [9.17, 15) is 18.3 Å². The molecule has 0 saturated carbocycles. The lowest BCUT2D eigenvalue weighted by molar-refractivity contribution is 0.0746. The molecule has 148 valence electrons. The summed E-state index contributed by atoms with van der Waals surface area (Å²) >= 11 is 5.94. The van der Waals surface area contributed by atoms with Crippen molar-refractivity contribution in [2.75, 3.05) is 0 Å². The maximum absolute atomic E-state index is 14.8. The Morgan fingerprint density at radius 1 is 0.966 bits per heavy atom. The predicted octanol–water partition coefficient (Wildman–Crippen LogP) is 5.97. The summed E-state index contributed by atoms with van der Waals surface area (Å²) in [6.07, 6.45) is 3.02. The van der Waals surface area contributed by atoms with Crippen molar-refractivity contribution in [1.82, 2.24) is 9.38 Å². The summed E-state index contributed by atoms with van der Waals surface area (Å²) in [4.78, 5) is 4.11. The molecule has 1 N–H and O–H groups in total. The molecule has 0 atom stereocenters. The SMILES string of the molecule is CC(C)(O)c1ccn2c(-c3ccc(F)c(-c4cc(Cl)ccc4F)c3)cnc2c1F. The number of halogens is 4. The molecular formula is C22H16ClF3N2O. The Morgan fingerprint density at radius 3 is 2.31 bits per heavy atom. The van der Waals surface area contributed by atoms with Crippen molar-refractivity contribution in [2.45, 2.75) is 19.4 Å². The van der Waals surface area contributed by atoms with E-state index in [1.165, 1.54) is 66.9 Å². The van der Waals surface area contributed by atoms with Crippen LogP contribution in [0.1, 0.15) is 19.4 Å². The second kappa shape index (κ2) is 6.90. The van der Waals surface area contributed by atoms with Crippen LogP contribution in [0.3, 0.4) is 0 Å². The molecule has 2 aromatic heterocycles. The summed E-state index contributed by atoms with van der Waals surface area (Å²) in [5.74, 6) is -1.86. The van der Waals surface area contributed by atoms with Crippen molar-refractivity contribution >= 4 is 17.2 Å². The van der Waals surface area contributed by atoms with E-state index in [4.69, 9.17) is 11.6 Å². The van der Waals surface area contributed by atoms with E-state index in [2.05, 4.69) is 4.98 Å². The fourth-order valence-corrected chi connectivity index (χ4v) is 3.47. The Hall–Kier alpha value is -2.83. The molecule has 0 aliphatic heterocycles. The van der Waals surface area contributed by atoms with Gasteiger partial charge in [0, 0.05) is 33.5 Å². The number of aliphatic hydroxyl groups is 1. The molecule has 0 unspecified atom stereocenters. The summed E-state index contributed by atoms with van der Waals surface area (Å²) < 4.78 is 45.0. The molecule has 3 nitrogen and oxygen atoms in total. The average molecular weight is 417 g/mol. The van der Waals surface area contributed by atoms with Gasteiger partial charge in [0.15, 0.2) is 11.5 Å². The molecule has 4 rings (SSSR count). The first-order valence-electron chi connectivity index (χ1n) is 8.80. The first-order valence-corrected chi connectivity index (χ1v) is 9.18. The van der Waals surface area contributed by atoms with E-state index >= 15 is 0 Å². The van der Waals surface area contributed by atoms with E-state index in [1.54, 1.807) is 6.20 Å². The number of hydrogen-bond acceptors (Lipinski definition) is 2. The van der Waals surface area contributed by atoms with Gasteiger partial charge in [-0.1, -0.05) is 11.6 Å². The highest BCUT2D eigenvalue weighted by Gasteiger charge is 2.24. The number of benzene rings is 2. The standard InChI is InChI=1S/C22H16ClF3N2O/c1-22(2,29)16-7-8-28-19(11-27-21(28)20(16)26)12-3-5-17(24)14(9-12)15-10-13(23)4-6-18(15)25/h3-11,29H,1-2H3. The smallest absolute Gasteiger partial charge is 0.174 e. The van der Waals surface area contributed by atoms with Crippen molar-refractivity contribution in [3.05, 3.63) is 82.9 Å². The molecule has 29 heavy (non-hydrogen) atoms. The zero-order valence-electron chi connectivity index (χ0n) is 15.5. The number of imidazole rings is 1. The van der Waals surface area contributed by atoms with Crippen LogP contribution >= 0.6 is 11.6 Å². The highest BCUT2D eigenvalue weighted by atomic mass is 35.5. The maximum Gasteiger partial charge on any atom is 0.174 e. The Bertz CT molecular complexity index is 1250. The van der Waals surface area contributed by atoms with Crippen molar-refractivity contribution in [3.8, 4) is 22.4 Å². The minimum atomic E-state index is -1.37. The summed E-state index contributed by atoms with van der Waals surface area (Å²) in [6, 6.07) is 9.56. The molecule has 2 heterocycles. The van der Waals surface area contributed by atoms with Crippen LogP contribution in [0.4, 0.5) is 13.2 Å². The number of rotatable bonds is 3. The topological polar surface area (TPSA) is 37.5 Å². The molecule has 0 saturated heterocycles. The van der Waals surface area contributed by atoms with Crippen molar-refractivity contribution in [2.24, 2.45) is 0 Å². The molecule has 0 aliphatic carbocycles. The van der Waals surface area contributed by atoms with Gasteiger partial charge in [0.25, 0.3) is 0 Å². The van der Waals surface area contributed by atoms with Crippen molar-refractivity contribution in [3.63, 3.8) is 0 Å². The summed E-state index contributed by atoms with van der Waals surface area (Å²) in [5, 5.41) is 10.4. The molecule has 0 fully saturated rings. The molecule has 7 heteroatoms. The van der Waals surface area contributed by atoms with E-state index < -0.39 is 23.1 Å². The zero-order chi connectivity index (χ0) is 20.9. The molecule has 0 bridgehead atoms. The highest BCUT2D eigenvalue weighted by Crippen LogP contribution is 2.33. The monoisotopic (exact) mass is 416 g/mol. The van der Waals surface area contributed by atoms with Gasteiger partial charge in [0.2, 0.25) is 0 Å². The Balaban J connectivity index is 1.89. The largest absolute Gasteiger partial charge is 0.386 e. The fraction of sp³-hybridized carbons (Fsp3) is 0.136. The molecule has 4 aromatic rings. The zero-order valence-corrected chi connectivity index (χ0v) is 16.3. The number of hydrogen-bond donors (Lipinski definition) is 1. The van der Waals surface area contributed by atoms with Gasteiger partial charge in [-0.2, -0.15) is 0 Å². The van der Waals surface area contributed by atoms with Crippen LogP contribution in [0.15, 0.2) is 54.9 Å². The first kappa shape index (κ1) is 19.5. The lowest BCUT2D eigenvalue weighted by Crippen LogP contribution is -2.18. The van der Waals surface area contributed by atoms with Crippen molar-refractivity contribution in [1.29, 1.82) is 0 Å². The lowest BCUT2D eigenvalue weighted by Gasteiger charge is -2.18. The lowest BCUT2D eigenvalue weighted by atomic mass is 9.99. The molecule has 0 amide bonds. The number of nitrogens with zero attached hydrogens (tertiary/aromatic N) is 2. The molecular weight excluding hydrogens is 401 g/mol. The Labute approximate surface area is 170 Å². The molecule has 2 aromatic carbocycles. The van der Waals surface area contributed by atoms with Gasteiger partial charge in [-0.25, -0.2) is 18.2 Å². The van der Waals surface area contributed by atoms with E-state index in [0.717, 1.165) is 0 Å². The normalized spacial score (nSPS) is 12.0. The number of pyridine rings is 1. The third-order valence-corrected chi connectivity index (χ3v) is 4.99.